The van der Waals surface area contributed by atoms with Gasteiger partial charge in [0.25, 0.3) is 0 Å². The fourth-order valence-electron chi connectivity index (χ4n) is 2.72. The predicted octanol–water partition coefficient (Wildman–Crippen LogP) is -0.161. The fraction of sp³-hybridized carbons (Fsp3) is 0.923. The number of carbonyl (C=O) groups is 1. The summed E-state index contributed by atoms with van der Waals surface area (Å²) in [6.07, 6.45) is 4.17. The molecule has 0 aliphatic carbocycles. The highest BCUT2D eigenvalue weighted by Gasteiger charge is 2.34. The molecule has 2 fully saturated rings. The van der Waals surface area contributed by atoms with E-state index in [4.69, 9.17) is 4.74 Å². The number of piperidine rings is 1. The maximum absolute atomic E-state index is 11.9. The Morgan fingerprint density at radius 1 is 1.20 bits per heavy atom. The lowest BCUT2D eigenvalue weighted by molar-refractivity contribution is -0.121. The SMILES string of the molecule is O=C(NCCOC1CCNCC1)C1CCCCS1(=O)=O. The van der Waals surface area contributed by atoms with Crippen molar-refractivity contribution in [2.24, 2.45) is 0 Å². The van der Waals surface area contributed by atoms with Crippen LogP contribution >= 0.6 is 0 Å². The highest BCUT2D eigenvalue weighted by Crippen LogP contribution is 2.19. The standard InChI is InChI=1S/C13H24N2O4S/c16-13(12-3-1-2-10-20(12,17)18)15-8-9-19-11-4-6-14-7-5-11/h11-12,14H,1-10H2,(H,15,16). The minimum Gasteiger partial charge on any atom is -0.376 e. The minimum atomic E-state index is -3.24. The molecule has 1 unspecified atom stereocenters. The van der Waals surface area contributed by atoms with Crippen LogP contribution in [0.2, 0.25) is 0 Å². The molecule has 0 aromatic heterocycles. The first-order chi connectivity index (χ1) is 9.59. The summed E-state index contributed by atoms with van der Waals surface area (Å²) in [7, 11) is -3.24. The molecule has 2 heterocycles. The minimum absolute atomic E-state index is 0.136. The van der Waals surface area contributed by atoms with Gasteiger partial charge >= 0.3 is 0 Å². The van der Waals surface area contributed by atoms with Crippen molar-refractivity contribution in [3.63, 3.8) is 0 Å². The van der Waals surface area contributed by atoms with E-state index in [-0.39, 0.29) is 17.8 Å². The first kappa shape index (κ1) is 15.7. The molecule has 2 saturated heterocycles. The summed E-state index contributed by atoms with van der Waals surface area (Å²) < 4.78 is 29.3. The van der Waals surface area contributed by atoms with Gasteiger partial charge in [0.15, 0.2) is 9.84 Å². The molecular formula is C13H24N2O4S. The summed E-state index contributed by atoms with van der Waals surface area (Å²) >= 11 is 0. The molecule has 1 atom stereocenters. The third kappa shape index (κ3) is 4.43. The van der Waals surface area contributed by atoms with Gasteiger partial charge in [-0.2, -0.15) is 0 Å². The predicted molar refractivity (Wildman–Crippen MR) is 76.3 cm³/mol. The molecule has 20 heavy (non-hydrogen) atoms. The summed E-state index contributed by atoms with van der Waals surface area (Å²) in [6, 6.07) is 0. The van der Waals surface area contributed by atoms with E-state index in [0.29, 0.717) is 26.0 Å². The van der Waals surface area contributed by atoms with E-state index >= 15 is 0 Å². The summed E-state index contributed by atoms with van der Waals surface area (Å²) in [4.78, 5) is 11.9. The van der Waals surface area contributed by atoms with Crippen LogP contribution in [0.4, 0.5) is 0 Å². The number of hydrogen-bond donors (Lipinski definition) is 2. The monoisotopic (exact) mass is 304 g/mol. The Morgan fingerprint density at radius 3 is 2.65 bits per heavy atom. The number of nitrogens with one attached hydrogen (secondary N) is 2. The average Bonchev–Trinajstić information content (AvgIpc) is 2.44. The molecular weight excluding hydrogens is 280 g/mol. The second-order valence-corrected chi connectivity index (χ2v) is 7.77. The Kier molecular flexibility index (Phi) is 5.80. The summed E-state index contributed by atoms with van der Waals surface area (Å²) in [5.74, 6) is -0.227. The molecule has 2 rings (SSSR count). The van der Waals surface area contributed by atoms with Gasteiger partial charge in [0.1, 0.15) is 5.25 Å². The number of hydrogen-bond acceptors (Lipinski definition) is 5. The van der Waals surface area contributed by atoms with E-state index < -0.39 is 15.1 Å². The fourth-order valence-corrected chi connectivity index (χ4v) is 4.55. The Morgan fingerprint density at radius 2 is 1.95 bits per heavy atom. The third-order valence-corrected chi connectivity index (χ3v) is 6.09. The van der Waals surface area contributed by atoms with E-state index in [2.05, 4.69) is 10.6 Å². The largest absolute Gasteiger partial charge is 0.376 e. The molecule has 0 radical (unpaired) electrons. The van der Waals surface area contributed by atoms with Gasteiger partial charge in [-0.05, 0) is 38.8 Å². The molecule has 0 bridgehead atoms. The van der Waals surface area contributed by atoms with Crippen molar-refractivity contribution in [2.45, 2.75) is 43.5 Å². The maximum atomic E-state index is 11.9. The van der Waals surface area contributed by atoms with Gasteiger partial charge in [0, 0.05) is 6.54 Å². The van der Waals surface area contributed by atoms with Crippen molar-refractivity contribution in [3.05, 3.63) is 0 Å². The van der Waals surface area contributed by atoms with Crippen molar-refractivity contribution < 1.29 is 17.9 Å². The Labute approximate surface area is 120 Å². The van der Waals surface area contributed by atoms with Gasteiger partial charge in [0.05, 0.1) is 18.5 Å². The van der Waals surface area contributed by atoms with Gasteiger partial charge in [-0.25, -0.2) is 8.42 Å². The molecule has 0 saturated carbocycles. The quantitative estimate of drug-likeness (QED) is 0.689. The van der Waals surface area contributed by atoms with Gasteiger partial charge in [0.2, 0.25) is 5.91 Å². The molecule has 1 amide bonds. The lowest BCUT2D eigenvalue weighted by atomic mass is 10.1. The van der Waals surface area contributed by atoms with Crippen molar-refractivity contribution in [2.75, 3.05) is 32.0 Å². The highest BCUT2D eigenvalue weighted by molar-refractivity contribution is 7.92. The third-order valence-electron chi connectivity index (χ3n) is 3.91. The average molecular weight is 304 g/mol. The Bertz CT molecular complexity index is 418. The van der Waals surface area contributed by atoms with Gasteiger partial charge in [-0.3, -0.25) is 4.79 Å². The first-order valence-electron chi connectivity index (χ1n) is 7.41. The molecule has 6 nitrogen and oxygen atoms in total. The molecule has 116 valence electrons. The van der Waals surface area contributed by atoms with E-state index in [1.165, 1.54) is 0 Å². The number of amides is 1. The van der Waals surface area contributed by atoms with Crippen molar-refractivity contribution in [3.8, 4) is 0 Å². The molecule has 0 aromatic rings. The van der Waals surface area contributed by atoms with Crippen LogP contribution in [0, 0.1) is 0 Å². The molecule has 2 aliphatic rings. The summed E-state index contributed by atoms with van der Waals surface area (Å²) in [6.45, 7) is 2.77. The van der Waals surface area contributed by atoms with Crippen LogP contribution in [-0.4, -0.2) is 57.7 Å². The number of rotatable bonds is 5. The van der Waals surface area contributed by atoms with E-state index in [1.54, 1.807) is 0 Å². The van der Waals surface area contributed by atoms with E-state index in [9.17, 15) is 13.2 Å². The second-order valence-electron chi connectivity index (χ2n) is 5.46. The Hall–Kier alpha value is -0.660. The normalized spacial score (nSPS) is 27.1. The van der Waals surface area contributed by atoms with Crippen molar-refractivity contribution in [1.29, 1.82) is 0 Å². The number of carbonyl (C=O) groups excluding carboxylic acids is 1. The summed E-state index contributed by atoms with van der Waals surface area (Å²) in [5, 5.41) is 5.10. The van der Waals surface area contributed by atoms with Crippen LogP contribution in [0.3, 0.4) is 0 Å². The second kappa shape index (κ2) is 7.38. The molecule has 2 N–H and O–H groups in total. The molecule has 0 spiro atoms. The topological polar surface area (TPSA) is 84.5 Å². The highest BCUT2D eigenvalue weighted by atomic mass is 32.2. The summed E-state index contributed by atoms with van der Waals surface area (Å²) in [5.41, 5.74) is 0. The maximum Gasteiger partial charge on any atom is 0.238 e. The van der Waals surface area contributed by atoms with E-state index in [0.717, 1.165) is 32.4 Å². The van der Waals surface area contributed by atoms with Crippen LogP contribution in [0.1, 0.15) is 32.1 Å². The molecule has 0 aromatic carbocycles. The molecule has 7 heteroatoms. The molecule has 2 aliphatic heterocycles. The lowest BCUT2D eigenvalue weighted by Gasteiger charge is -2.24. The van der Waals surface area contributed by atoms with E-state index in [1.807, 2.05) is 0 Å². The Balaban J connectivity index is 1.66. The zero-order valence-electron chi connectivity index (χ0n) is 11.8. The number of sulfone groups is 1. The van der Waals surface area contributed by atoms with Crippen molar-refractivity contribution in [1.82, 2.24) is 10.6 Å². The smallest absolute Gasteiger partial charge is 0.238 e. The van der Waals surface area contributed by atoms with Crippen molar-refractivity contribution >= 4 is 15.7 Å². The van der Waals surface area contributed by atoms with Crippen LogP contribution in [0.15, 0.2) is 0 Å². The van der Waals surface area contributed by atoms with Crippen LogP contribution in [0.25, 0.3) is 0 Å². The first-order valence-corrected chi connectivity index (χ1v) is 9.13. The lowest BCUT2D eigenvalue weighted by Crippen LogP contribution is -2.44. The van der Waals surface area contributed by atoms with Crippen LogP contribution in [0.5, 0.6) is 0 Å². The zero-order valence-corrected chi connectivity index (χ0v) is 12.6. The van der Waals surface area contributed by atoms with Gasteiger partial charge in [-0.1, -0.05) is 6.42 Å². The van der Waals surface area contributed by atoms with Crippen LogP contribution < -0.4 is 10.6 Å². The van der Waals surface area contributed by atoms with Crippen LogP contribution in [-0.2, 0) is 19.4 Å². The number of ether oxygens (including phenoxy) is 1. The van der Waals surface area contributed by atoms with Gasteiger partial charge < -0.3 is 15.4 Å². The van der Waals surface area contributed by atoms with Gasteiger partial charge in [-0.15, -0.1) is 0 Å². The zero-order chi connectivity index (χ0) is 14.4.